The number of hydrazone groups is 1. The van der Waals surface area contributed by atoms with Gasteiger partial charge in [-0.3, -0.25) is 9.35 Å². The molecule has 0 aromatic heterocycles. The van der Waals surface area contributed by atoms with E-state index in [0.29, 0.717) is 18.7 Å². The van der Waals surface area contributed by atoms with Gasteiger partial charge in [-0.2, -0.15) is 29.1 Å². The molecule has 0 saturated carbocycles. The van der Waals surface area contributed by atoms with Gasteiger partial charge in [0.15, 0.2) is 5.71 Å². The number of hydrogen-bond acceptors (Lipinski definition) is 8. The van der Waals surface area contributed by atoms with Crippen molar-refractivity contribution in [3.63, 3.8) is 0 Å². The van der Waals surface area contributed by atoms with Gasteiger partial charge in [0.1, 0.15) is 0 Å². The molecule has 2 aromatic rings. The SMILES string of the molecule is N#CCCN(CCC#N)c1ccc(C[C@H]2C(=O)N(c3cccc(S(=O)(=O)O)c3)N=C2C(=O)O)cc1. The van der Waals surface area contributed by atoms with Crippen LogP contribution >= 0.6 is 0 Å². The number of carboxylic acids is 1. The average Bonchev–Trinajstić information content (AvgIpc) is 3.15. The van der Waals surface area contributed by atoms with Gasteiger partial charge in [-0.25, -0.2) is 4.79 Å². The van der Waals surface area contributed by atoms with E-state index in [4.69, 9.17) is 10.5 Å². The molecule has 1 amide bonds. The van der Waals surface area contributed by atoms with Crippen molar-refractivity contribution < 1.29 is 27.7 Å². The third kappa shape index (κ3) is 6.00. The molecule has 0 unspecified atom stereocenters. The highest BCUT2D eigenvalue weighted by atomic mass is 32.2. The Kier molecular flexibility index (Phi) is 7.81. The molecule has 0 aliphatic carbocycles. The summed E-state index contributed by atoms with van der Waals surface area (Å²) in [7, 11) is -4.53. The standard InChI is InChI=1S/C23H21N5O6S/c24-10-2-12-27(13-3-11-25)17-8-6-16(7-9-17)14-20-21(23(30)31)26-28(22(20)29)18-4-1-5-19(15-18)35(32,33)34/h1,4-9,15,20H,2-3,12-14H2,(H,30,31)(H,32,33,34)/t20-/m1/s1. The zero-order valence-corrected chi connectivity index (χ0v) is 19.2. The van der Waals surface area contributed by atoms with Gasteiger partial charge in [-0.05, 0) is 42.3 Å². The van der Waals surface area contributed by atoms with Crippen molar-refractivity contribution in [2.75, 3.05) is 23.0 Å². The minimum Gasteiger partial charge on any atom is -0.477 e. The maximum Gasteiger partial charge on any atom is 0.352 e. The second-order valence-corrected chi connectivity index (χ2v) is 9.06. The summed E-state index contributed by atoms with van der Waals surface area (Å²) >= 11 is 0. The molecular formula is C23H21N5O6S. The molecule has 35 heavy (non-hydrogen) atoms. The fourth-order valence-electron chi connectivity index (χ4n) is 3.65. The minimum absolute atomic E-state index is 0.00681. The predicted octanol–water partition coefficient (Wildman–Crippen LogP) is 2.21. The first kappa shape index (κ1) is 25.4. The quantitative estimate of drug-likeness (QED) is 0.468. The molecule has 180 valence electrons. The molecular weight excluding hydrogens is 474 g/mol. The number of carbonyl (C=O) groups excluding carboxylic acids is 1. The fourth-order valence-corrected chi connectivity index (χ4v) is 4.17. The van der Waals surface area contributed by atoms with Gasteiger partial charge in [0, 0.05) is 18.8 Å². The van der Waals surface area contributed by atoms with E-state index in [9.17, 15) is 27.7 Å². The number of rotatable bonds is 10. The molecule has 1 aliphatic rings. The summed E-state index contributed by atoms with van der Waals surface area (Å²) in [5.74, 6) is -3.14. The lowest BCUT2D eigenvalue weighted by atomic mass is 9.94. The van der Waals surface area contributed by atoms with Gasteiger partial charge >= 0.3 is 5.97 Å². The third-order valence-corrected chi connectivity index (χ3v) is 6.20. The first-order valence-electron chi connectivity index (χ1n) is 10.5. The van der Waals surface area contributed by atoms with Crippen molar-refractivity contribution in [2.45, 2.75) is 24.2 Å². The van der Waals surface area contributed by atoms with Crippen molar-refractivity contribution in [2.24, 2.45) is 11.0 Å². The molecule has 12 heteroatoms. The van der Waals surface area contributed by atoms with E-state index in [1.165, 1.54) is 12.1 Å². The van der Waals surface area contributed by atoms with Crippen molar-refractivity contribution >= 4 is 39.1 Å². The normalized spacial score (nSPS) is 15.3. The molecule has 0 bridgehead atoms. The summed E-state index contributed by atoms with van der Waals surface area (Å²) in [6, 6.07) is 16.0. The molecule has 11 nitrogen and oxygen atoms in total. The number of nitrogens with zero attached hydrogens (tertiary/aromatic N) is 5. The minimum atomic E-state index is -4.53. The number of anilines is 2. The largest absolute Gasteiger partial charge is 0.477 e. The first-order chi connectivity index (χ1) is 16.7. The number of aliphatic carboxylic acids is 1. The zero-order chi connectivity index (χ0) is 25.6. The Labute approximate surface area is 201 Å². The lowest BCUT2D eigenvalue weighted by Gasteiger charge is -2.23. The molecule has 0 radical (unpaired) electrons. The molecule has 1 heterocycles. The summed E-state index contributed by atoms with van der Waals surface area (Å²) in [4.78, 5) is 26.3. The molecule has 0 saturated heterocycles. The Balaban J connectivity index is 1.83. The molecule has 2 N–H and O–H groups in total. The van der Waals surface area contributed by atoms with Gasteiger partial charge in [-0.1, -0.05) is 18.2 Å². The van der Waals surface area contributed by atoms with Crippen LogP contribution in [0.3, 0.4) is 0 Å². The van der Waals surface area contributed by atoms with Crippen LogP contribution in [0, 0.1) is 28.6 Å². The summed E-state index contributed by atoms with van der Waals surface area (Å²) in [6.45, 7) is 0.901. The van der Waals surface area contributed by atoms with Crippen molar-refractivity contribution in [3.8, 4) is 12.1 Å². The summed E-state index contributed by atoms with van der Waals surface area (Å²) in [6.07, 6.45) is 0.614. The van der Waals surface area contributed by atoms with Crippen molar-refractivity contribution in [3.05, 3.63) is 54.1 Å². The van der Waals surface area contributed by atoms with Crippen LogP contribution in [0.15, 0.2) is 58.5 Å². The van der Waals surface area contributed by atoms with E-state index in [2.05, 4.69) is 17.2 Å². The second kappa shape index (κ2) is 10.8. The Hall–Kier alpha value is -4.26. The van der Waals surface area contributed by atoms with Gasteiger partial charge in [-0.15, -0.1) is 0 Å². The van der Waals surface area contributed by atoms with Crippen LogP contribution in [-0.2, 0) is 26.1 Å². The molecule has 0 fully saturated rings. The van der Waals surface area contributed by atoms with E-state index < -0.39 is 32.8 Å². The van der Waals surface area contributed by atoms with E-state index >= 15 is 0 Å². The van der Waals surface area contributed by atoms with Crippen LogP contribution in [0.25, 0.3) is 0 Å². The second-order valence-electron chi connectivity index (χ2n) is 7.64. The summed E-state index contributed by atoms with van der Waals surface area (Å²) in [5, 5.41) is 32.1. The lowest BCUT2D eigenvalue weighted by molar-refractivity contribution is -0.130. The highest BCUT2D eigenvalue weighted by Crippen LogP contribution is 2.29. The monoisotopic (exact) mass is 495 g/mol. The Morgan fingerprint density at radius 1 is 1.09 bits per heavy atom. The van der Waals surface area contributed by atoms with E-state index in [1.807, 2.05) is 4.90 Å². The fraction of sp³-hybridized carbons (Fsp3) is 0.261. The molecule has 2 aromatic carbocycles. The summed E-state index contributed by atoms with van der Waals surface area (Å²) in [5.41, 5.74) is 1.07. The molecule has 1 atom stereocenters. The predicted molar refractivity (Wildman–Crippen MR) is 125 cm³/mol. The van der Waals surface area contributed by atoms with E-state index in [0.717, 1.165) is 22.8 Å². The Morgan fingerprint density at radius 3 is 2.26 bits per heavy atom. The van der Waals surface area contributed by atoms with Gasteiger partial charge in [0.05, 0.1) is 41.5 Å². The lowest BCUT2D eigenvalue weighted by Crippen LogP contribution is -2.31. The van der Waals surface area contributed by atoms with Crippen molar-refractivity contribution in [1.82, 2.24) is 0 Å². The van der Waals surface area contributed by atoms with Crippen LogP contribution in [0.2, 0.25) is 0 Å². The number of amides is 1. The van der Waals surface area contributed by atoms with Gasteiger partial charge < -0.3 is 10.0 Å². The number of benzene rings is 2. The van der Waals surface area contributed by atoms with Crippen LogP contribution in [-0.4, -0.2) is 48.8 Å². The zero-order valence-electron chi connectivity index (χ0n) is 18.4. The van der Waals surface area contributed by atoms with Crippen molar-refractivity contribution in [1.29, 1.82) is 10.5 Å². The van der Waals surface area contributed by atoms with Crippen LogP contribution in [0.1, 0.15) is 18.4 Å². The van der Waals surface area contributed by atoms with Crippen LogP contribution in [0.4, 0.5) is 11.4 Å². The Morgan fingerprint density at radius 2 is 1.71 bits per heavy atom. The third-order valence-electron chi connectivity index (χ3n) is 5.35. The molecule has 1 aliphatic heterocycles. The van der Waals surface area contributed by atoms with Gasteiger partial charge in [0.2, 0.25) is 0 Å². The molecule has 0 spiro atoms. The maximum absolute atomic E-state index is 13.1. The number of hydrogen-bond donors (Lipinski definition) is 2. The van der Waals surface area contributed by atoms with Gasteiger partial charge in [0.25, 0.3) is 16.0 Å². The number of carbonyl (C=O) groups is 2. The number of nitriles is 2. The Bertz CT molecular complexity index is 1320. The summed E-state index contributed by atoms with van der Waals surface area (Å²) < 4.78 is 32.1. The average molecular weight is 496 g/mol. The van der Waals surface area contributed by atoms with E-state index in [-0.39, 0.29) is 30.7 Å². The van der Waals surface area contributed by atoms with Crippen LogP contribution in [0.5, 0.6) is 0 Å². The van der Waals surface area contributed by atoms with Crippen LogP contribution < -0.4 is 9.91 Å². The maximum atomic E-state index is 13.1. The smallest absolute Gasteiger partial charge is 0.352 e. The number of carboxylic acid groups (broad SMARTS) is 1. The highest BCUT2D eigenvalue weighted by Gasteiger charge is 2.40. The van der Waals surface area contributed by atoms with E-state index in [1.54, 1.807) is 24.3 Å². The highest BCUT2D eigenvalue weighted by molar-refractivity contribution is 7.85. The topological polar surface area (TPSA) is 175 Å². The first-order valence-corrected chi connectivity index (χ1v) is 11.9. The molecule has 3 rings (SSSR count).